The molecule has 1 heterocycles. The Hall–Kier alpha value is -1.36. The van der Waals surface area contributed by atoms with Crippen molar-refractivity contribution >= 4 is 10.9 Å². The average molecular weight is 248 g/mol. The molecular formula is C14H20N2O2. The van der Waals surface area contributed by atoms with E-state index in [4.69, 9.17) is 9.84 Å². The molecule has 1 aromatic heterocycles. The van der Waals surface area contributed by atoms with Gasteiger partial charge in [-0.3, -0.25) is 0 Å². The SMILES string of the molecule is CNCc1cn(CCOCCO)c2ccccc12. The highest BCUT2D eigenvalue weighted by atomic mass is 16.5. The van der Waals surface area contributed by atoms with E-state index in [1.807, 2.05) is 7.05 Å². The first-order chi connectivity index (χ1) is 8.86. The highest BCUT2D eigenvalue weighted by Crippen LogP contribution is 2.21. The van der Waals surface area contributed by atoms with Crippen LogP contribution in [0.15, 0.2) is 30.5 Å². The van der Waals surface area contributed by atoms with E-state index in [2.05, 4.69) is 40.3 Å². The third-order valence-electron chi connectivity index (χ3n) is 2.95. The number of aliphatic hydroxyl groups excluding tert-OH is 1. The number of rotatable bonds is 7. The van der Waals surface area contributed by atoms with Crippen LogP contribution in [0.1, 0.15) is 5.56 Å². The Bertz CT molecular complexity index is 493. The molecule has 2 aromatic rings. The largest absolute Gasteiger partial charge is 0.394 e. The minimum absolute atomic E-state index is 0.0808. The highest BCUT2D eigenvalue weighted by Gasteiger charge is 2.06. The van der Waals surface area contributed by atoms with Crippen molar-refractivity contribution in [2.24, 2.45) is 0 Å². The van der Waals surface area contributed by atoms with Crippen molar-refractivity contribution in [3.8, 4) is 0 Å². The Morgan fingerprint density at radius 1 is 1.28 bits per heavy atom. The maximum atomic E-state index is 8.67. The molecule has 98 valence electrons. The lowest BCUT2D eigenvalue weighted by molar-refractivity contribution is 0.0875. The molecule has 2 N–H and O–H groups in total. The fourth-order valence-electron chi connectivity index (χ4n) is 2.17. The van der Waals surface area contributed by atoms with Crippen LogP contribution in [0.4, 0.5) is 0 Å². The van der Waals surface area contributed by atoms with E-state index >= 15 is 0 Å². The van der Waals surface area contributed by atoms with Gasteiger partial charge >= 0.3 is 0 Å². The van der Waals surface area contributed by atoms with Crippen LogP contribution < -0.4 is 5.32 Å². The standard InChI is InChI=1S/C14H20N2O2/c1-15-10-12-11-16(6-8-18-9-7-17)14-5-3-2-4-13(12)14/h2-5,11,15,17H,6-10H2,1H3. The van der Waals surface area contributed by atoms with Crippen LogP contribution in [0, 0.1) is 0 Å². The van der Waals surface area contributed by atoms with Gasteiger partial charge in [0.1, 0.15) is 0 Å². The van der Waals surface area contributed by atoms with Crippen molar-refractivity contribution in [2.45, 2.75) is 13.1 Å². The minimum Gasteiger partial charge on any atom is -0.394 e. The summed E-state index contributed by atoms with van der Waals surface area (Å²) in [6, 6.07) is 8.39. The van der Waals surface area contributed by atoms with E-state index in [1.54, 1.807) is 0 Å². The number of benzene rings is 1. The van der Waals surface area contributed by atoms with Crippen molar-refractivity contribution in [1.82, 2.24) is 9.88 Å². The van der Waals surface area contributed by atoms with Gasteiger partial charge in [0, 0.05) is 30.2 Å². The molecular weight excluding hydrogens is 228 g/mol. The van der Waals surface area contributed by atoms with E-state index < -0.39 is 0 Å². The molecule has 0 spiro atoms. The second-order valence-corrected chi connectivity index (χ2v) is 4.23. The van der Waals surface area contributed by atoms with Crippen LogP contribution in [0.2, 0.25) is 0 Å². The maximum absolute atomic E-state index is 8.67. The van der Waals surface area contributed by atoms with E-state index in [1.165, 1.54) is 16.5 Å². The zero-order valence-corrected chi connectivity index (χ0v) is 10.7. The first kappa shape index (κ1) is 13.1. The van der Waals surface area contributed by atoms with Crippen molar-refractivity contribution in [1.29, 1.82) is 0 Å². The Balaban J connectivity index is 2.16. The predicted octanol–water partition coefficient (Wildman–Crippen LogP) is 1.37. The molecule has 0 radical (unpaired) electrons. The summed E-state index contributed by atoms with van der Waals surface area (Å²) in [5, 5.41) is 13.1. The summed E-state index contributed by atoms with van der Waals surface area (Å²) in [4.78, 5) is 0. The minimum atomic E-state index is 0.0808. The average Bonchev–Trinajstić information content (AvgIpc) is 2.74. The molecule has 0 bridgehead atoms. The smallest absolute Gasteiger partial charge is 0.0698 e. The van der Waals surface area contributed by atoms with Gasteiger partial charge in [0.05, 0.1) is 19.8 Å². The van der Waals surface area contributed by atoms with Gasteiger partial charge in [-0.25, -0.2) is 0 Å². The van der Waals surface area contributed by atoms with Crippen LogP contribution in [0.5, 0.6) is 0 Å². The van der Waals surface area contributed by atoms with Crippen molar-refractivity contribution < 1.29 is 9.84 Å². The molecule has 0 atom stereocenters. The topological polar surface area (TPSA) is 46.4 Å². The number of nitrogens with one attached hydrogen (secondary N) is 1. The third-order valence-corrected chi connectivity index (χ3v) is 2.95. The second kappa shape index (κ2) is 6.54. The first-order valence-electron chi connectivity index (χ1n) is 6.26. The summed E-state index contributed by atoms with van der Waals surface area (Å²) in [5.41, 5.74) is 2.53. The van der Waals surface area contributed by atoms with Crippen molar-refractivity contribution in [2.75, 3.05) is 26.9 Å². The molecule has 0 amide bonds. The quantitative estimate of drug-likeness (QED) is 0.728. The summed E-state index contributed by atoms with van der Waals surface area (Å²) < 4.78 is 7.53. The molecule has 4 heteroatoms. The Labute approximate surface area is 107 Å². The number of nitrogens with zero attached hydrogens (tertiary/aromatic N) is 1. The molecule has 0 fully saturated rings. The number of fused-ring (bicyclic) bond motifs is 1. The monoisotopic (exact) mass is 248 g/mol. The normalized spacial score (nSPS) is 11.2. The first-order valence-corrected chi connectivity index (χ1v) is 6.26. The second-order valence-electron chi connectivity index (χ2n) is 4.23. The van der Waals surface area contributed by atoms with E-state index in [0.717, 1.165) is 13.1 Å². The maximum Gasteiger partial charge on any atom is 0.0698 e. The molecule has 0 unspecified atom stereocenters. The predicted molar refractivity (Wildman–Crippen MR) is 72.6 cm³/mol. The lowest BCUT2D eigenvalue weighted by atomic mass is 10.2. The van der Waals surface area contributed by atoms with Gasteiger partial charge in [-0.15, -0.1) is 0 Å². The fraction of sp³-hybridized carbons (Fsp3) is 0.429. The summed E-state index contributed by atoms with van der Waals surface area (Å²) in [6.45, 7) is 2.79. The molecule has 2 rings (SSSR count). The van der Waals surface area contributed by atoms with E-state index in [-0.39, 0.29) is 6.61 Å². The van der Waals surface area contributed by atoms with Crippen LogP contribution >= 0.6 is 0 Å². The molecule has 0 saturated heterocycles. The summed E-state index contributed by atoms with van der Waals surface area (Å²) in [6.07, 6.45) is 2.17. The fourth-order valence-corrected chi connectivity index (χ4v) is 2.17. The lowest BCUT2D eigenvalue weighted by Gasteiger charge is -2.05. The number of para-hydroxylation sites is 1. The van der Waals surface area contributed by atoms with Crippen molar-refractivity contribution in [3.05, 3.63) is 36.0 Å². The Morgan fingerprint density at radius 2 is 2.11 bits per heavy atom. The van der Waals surface area contributed by atoms with Gasteiger partial charge in [0.2, 0.25) is 0 Å². The Morgan fingerprint density at radius 3 is 2.89 bits per heavy atom. The van der Waals surface area contributed by atoms with Crippen LogP contribution in [-0.2, 0) is 17.8 Å². The number of ether oxygens (including phenoxy) is 1. The molecule has 4 nitrogen and oxygen atoms in total. The van der Waals surface area contributed by atoms with Gasteiger partial charge in [-0.1, -0.05) is 18.2 Å². The van der Waals surface area contributed by atoms with Gasteiger partial charge < -0.3 is 19.7 Å². The molecule has 1 aromatic carbocycles. The summed E-state index contributed by atoms with van der Waals surface area (Å²) in [5.74, 6) is 0. The third kappa shape index (κ3) is 2.90. The van der Waals surface area contributed by atoms with Crippen LogP contribution in [0.25, 0.3) is 10.9 Å². The van der Waals surface area contributed by atoms with E-state index in [9.17, 15) is 0 Å². The number of hydrogen-bond donors (Lipinski definition) is 2. The molecule has 0 aliphatic heterocycles. The molecule has 18 heavy (non-hydrogen) atoms. The number of hydrogen-bond acceptors (Lipinski definition) is 3. The van der Waals surface area contributed by atoms with Gasteiger partial charge in [-0.2, -0.15) is 0 Å². The number of aromatic nitrogens is 1. The summed E-state index contributed by atoms with van der Waals surface area (Å²) >= 11 is 0. The molecule has 0 aliphatic carbocycles. The number of aliphatic hydroxyl groups is 1. The molecule has 0 saturated carbocycles. The molecule has 0 aliphatic rings. The van der Waals surface area contributed by atoms with Crippen molar-refractivity contribution in [3.63, 3.8) is 0 Å². The van der Waals surface area contributed by atoms with Gasteiger partial charge in [-0.05, 0) is 18.7 Å². The highest BCUT2D eigenvalue weighted by molar-refractivity contribution is 5.83. The Kier molecular flexibility index (Phi) is 4.75. The summed E-state index contributed by atoms with van der Waals surface area (Å²) in [7, 11) is 1.95. The van der Waals surface area contributed by atoms with Gasteiger partial charge in [0.25, 0.3) is 0 Å². The zero-order valence-electron chi connectivity index (χ0n) is 10.7. The van der Waals surface area contributed by atoms with Crippen LogP contribution in [0.3, 0.4) is 0 Å². The van der Waals surface area contributed by atoms with Crippen LogP contribution in [-0.4, -0.2) is 36.5 Å². The zero-order chi connectivity index (χ0) is 12.8. The lowest BCUT2D eigenvalue weighted by Crippen LogP contribution is -2.08. The van der Waals surface area contributed by atoms with E-state index in [0.29, 0.717) is 13.2 Å². The van der Waals surface area contributed by atoms with Gasteiger partial charge in [0.15, 0.2) is 0 Å².